The molecule has 3 rings (SSSR count). The molecule has 0 spiro atoms. The van der Waals surface area contributed by atoms with Crippen LogP contribution >= 0.6 is 11.8 Å². The number of nitrogens with zero attached hydrogens (tertiary/aromatic N) is 3. The number of hydrogen-bond donors (Lipinski definition) is 0. The van der Waals surface area contributed by atoms with Gasteiger partial charge in [0, 0.05) is 48.6 Å². The summed E-state index contributed by atoms with van der Waals surface area (Å²) in [6, 6.07) is 0.483. The Morgan fingerprint density at radius 2 is 2.25 bits per heavy atom. The fraction of sp³-hybridized carbons (Fsp3) is 0.667. The smallest absolute Gasteiger partial charge is 0.223 e. The first-order valence-corrected chi connectivity index (χ1v) is 8.55. The highest BCUT2D eigenvalue weighted by atomic mass is 32.2. The first-order chi connectivity index (χ1) is 9.84. The standard InChI is InChI=1S/C15H21N3OS/c19-15(6-5-12-11-16-7-8-17-12)18-9-10-20-14-4-2-1-3-13(14)18/h7-8,11,13-14H,1-6,9-10H2/t13-,14+/m1/s1. The van der Waals surface area contributed by atoms with Crippen molar-refractivity contribution in [2.24, 2.45) is 0 Å². The van der Waals surface area contributed by atoms with Crippen molar-refractivity contribution >= 4 is 17.7 Å². The normalized spacial score (nSPS) is 26.1. The Morgan fingerprint density at radius 1 is 1.35 bits per heavy atom. The lowest BCUT2D eigenvalue weighted by atomic mass is 9.93. The van der Waals surface area contributed by atoms with E-state index in [9.17, 15) is 4.79 Å². The molecule has 1 aromatic rings. The summed E-state index contributed by atoms with van der Waals surface area (Å²) in [4.78, 5) is 22.9. The fourth-order valence-electron chi connectivity index (χ4n) is 3.24. The predicted molar refractivity (Wildman–Crippen MR) is 80.6 cm³/mol. The number of aryl methyl sites for hydroxylation is 1. The van der Waals surface area contributed by atoms with Crippen LogP contribution in [0.2, 0.25) is 0 Å². The summed E-state index contributed by atoms with van der Waals surface area (Å²) in [5.74, 6) is 1.39. The van der Waals surface area contributed by atoms with Crippen LogP contribution in [0.25, 0.3) is 0 Å². The molecular formula is C15H21N3OS. The number of carbonyl (C=O) groups is 1. The zero-order valence-corrected chi connectivity index (χ0v) is 12.5. The van der Waals surface area contributed by atoms with Gasteiger partial charge in [-0.25, -0.2) is 0 Å². The van der Waals surface area contributed by atoms with E-state index in [1.54, 1.807) is 18.6 Å². The second-order valence-corrected chi connectivity index (χ2v) is 6.89. The van der Waals surface area contributed by atoms with Crippen molar-refractivity contribution in [3.05, 3.63) is 24.3 Å². The molecule has 1 aliphatic heterocycles. The number of carbonyl (C=O) groups excluding carboxylic acids is 1. The van der Waals surface area contributed by atoms with Crippen LogP contribution in [0.15, 0.2) is 18.6 Å². The molecule has 2 atom stereocenters. The quantitative estimate of drug-likeness (QED) is 0.857. The maximum Gasteiger partial charge on any atom is 0.223 e. The molecular weight excluding hydrogens is 270 g/mol. The van der Waals surface area contributed by atoms with Gasteiger partial charge in [-0.1, -0.05) is 12.8 Å². The van der Waals surface area contributed by atoms with Gasteiger partial charge in [-0.3, -0.25) is 14.8 Å². The van der Waals surface area contributed by atoms with Crippen molar-refractivity contribution in [3.63, 3.8) is 0 Å². The Balaban J connectivity index is 1.58. The average Bonchev–Trinajstić information content (AvgIpc) is 2.53. The zero-order valence-electron chi connectivity index (χ0n) is 11.7. The molecule has 1 saturated heterocycles. The van der Waals surface area contributed by atoms with Gasteiger partial charge in [0.2, 0.25) is 5.91 Å². The van der Waals surface area contributed by atoms with Gasteiger partial charge < -0.3 is 4.90 Å². The Morgan fingerprint density at radius 3 is 3.10 bits per heavy atom. The second-order valence-electron chi connectivity index (χ2n) is 5.54. The number of amides is 1. The number of hydrogen-bond acceptors (Lipinski definition) is 4. The highest BCUT2D eigenvalue weighted by Crippen LogP contribution is 2.35. The topological polar surface area (TPSA) is 46.1 Å². The second kappa shape index (κ2) is 6.57. The minimum Gasteiger partial charge on any atom is -0.338 e. The SMILES string of the molecule is O=C(CCc1cnccn1)N1CCS[C@H]2CCCC[C@H]21. The summed E-state index contributed by atoms with van der Waals surface area (Å²) in [6.07, 6.45) is 11.4. The van der Waals surface area contributed by atoms with Gasteiger partial charge in [0.05, 0.1) is 5.69 Å². The minimum absolute atomic E-state index is 0.299. The lowest BCUT2D eigenvalue weighted by Gasteiger charge is -2.43. The monoisotopic (exact) mass is 291 g/mol. The van der Waals surface area contributed by atoms with Crippen LogP contribution in [-0.4, -0.2) is 44.4 Å². The van der Waals surface area contributed by atoms with Crippen molar-refractivity contribution in [2.75, 3.05) is 12.3 Å². The molecule has 108 valence electrons. The molecule has 20 heavy (non-hydrogen) atoms. The molecule has 5 heteroatoms. The first kappa shape index (κ1) is 13.9. The highest BCUT2D eigenvalue weighted by molar-refractivity contribution is 8.00. The molecule has 2 aliphatic rings. The lowest BCUT2D eigenvalue weighted by Crippen LogP contribution is -2.51. The third-order valence-electron chi connectivity index (χ3n) is 4.26. The van der Waals surface area contributed by atoms with Crippen LogP contribution in [0.4, 0.5) is 0 Å². The molecule has 2 fully saturated rings. The average molecular weight is 291 g/mol. The number of thioether (sulfide) groups is 1. The van der Waals surface area contributed by atoms with Crippen molar-refractivity contribution < 1.29 is 4.79 Å². The predicted octanol–water partition coefficient (Wildman–Crippen LogP) is 2.30. The Hall–Kier alpha value is -1.10. The van der Waals surface area contributed by atoms with Crippen molar-refractivity contribution in [2.45, 2.75) is 49.8 Å². The Kier molecular flexibility index (Phi) is 4.55. The van der Waals surface area contributed by atoms with Gasteiger partial charge in [-0.2, -0.15) is 11.8 Å². The molecule has 0 bridgehead atoms. The van der Waals surface area contributed by atoms with Crippen LogP contribution in [0.3, 0.4) is 0 Å². The number of fused-ring (bicyclic) bond motifs is 1. The van der Waals surface area contributed by atoms with E-state index in [0.717, 1.165) is 18.0 Å². The summed E-state index contributed by atoms with van der Waals surface area (Å²) >= 11 is 2.07. The zero-order chi connectivity index (χ0) is 13.8. The summed E-state index contributed by atoms with van der Waals surface area (Å²) in [5.41, 5.74) is 0.910. The van der Waals surface area contributed by atoms with Crippen LogP contribution in [0.1, 0.15) is 37.8 Å². The van der Waals surface area contributed by atoms with E-state index in [2.05, 4.69) is 26.6 Å². The Bertz CT molecular complexity index is 452. The van der Waals surface area contributed by atoms with Crippen LogP contribution in [0, 0.1) is 0 Å². The lowest BCUT2D eigenvalue weighted by molar-refractivity contribution is -0.134. The van der Waals surface area contributed by atoms with E-state index in [1.165, 1.54) is 25.7 Å². The maximum atomic E-state index is 12.5. The molecule has 1 aliphatic carbocycles. The van der Waals surface area contributed by atoms with Crippen molar-refractivity contribution in [3.8, 4) is 0 Å². The van der Waals surface area contributed by atoms with E-state index in [1.807, 2.05) is 0 Å². The number of rotatable bonds is 3. The summed E-state index contributed by atoms with van der Waals surface area (Å²) in [5, 5.41) is 0.679. The van der Waals surface area contributed by atoms with Crippen molar-refractivity contribution in [1.82, 2.24) is 14.9 Å². The molecule has 4 nitrogen and oxygen atoms in total. The first-order valence-electron chi connectivity index (χ1n) is 7.50. The van der Waals surface area contributed by atoms with E-state index in [4.69, 9.17) is 0 Å². The molecule has 2 heterocycles. The van der Waals surface area contributed by atoms with Crippen LogP contribution in [-0.2, 0) is 11.2 Å². The largest absolute Gasteiger partial charge is 0.338 e. The molecule has 1 aromatic heterocycles. The third kappa shape index (κ3) is 3.14. The van der Waals surface area contributed by atoms with E-state index >= 15 is 0 Å². The van der Waals surface area contributed by atoms with Crippen LogP contribution in [0.5, 0.6) is 0 Å². The van der Waals surface area contributed by atoms with E-state index in [0.29, 0.717) is 30.0 Å². The molecule has 1 saturated carbocycles. The Labute approximate surface area is 124 Å². The maximum absolute atomic E-state index is 12.5. The summed E-state index contributed by atoms with van der Waals surface area (Å²) in [7, 11) is 0. The summed E-state index contributed by atoms with van der Waals surface area (Å²) in [6.45, 7) is 0.922. The molecule has 1 amide bonds. The molecule has 0 aromatic carbocycles. The highest BCUT2D eigenvalue weighted by Gasteiger charge is 2.35. The number of aromatic nitrogens is 2. The minimum atomic E-state index is 0.299. The summed E-state index contributed by atoms with van der Waals surface area (Å²) < 4.78 is 0. The molecule has 0 unspecified atom stereocenters. The van der Waals surface area contributed by atoms with E-state index < -0.39 is 0 Å². The fourth-order valence-corrected chi connectivity index (χ4v) is 4.69. The van der Waals surface area contributed by atoms with Gasteiger partial charge in [0.15, 0.2) is 0 Å². The molecule has 0 radical (unpaired) electrons. The van der Waals surface area contributed by atoms with Gasteiger partial charge in [-0.15, -0.1) is 0 Å². The van der Waals surface area contributed by atoms with Gasteiger partial charge >= 0.3 is 0 Å². The van der Waals surface area contributed by atoms with Crippen LogP contribution < -0.4 is 0 Å². The van der Waals surface area contributed by atoms with Crippen molar-refractivity contribution in [1.29, 1.82) is 0 Å². The van der Waals surface area contributed by atoms with Gasteiger partial charge in [0.25, 0.3) is 0 Å². The third-order valence-corrected chi connectivity index (χ3v) is 5.66. The molecule has 0 N–H and O–H groups in total. The van der Waals surface area contributed by atoms with E-state index in [-0.39, 0.29) is 0 Å². The van der Waals surface area contributed by atoms with Gasteiger partial charge in [0.1, 0.15) is 0 Å². The van der Waals surface area contributed by atoms with Gasteiger partial charge in [-0.05, 0) is 19.3 Å².